The topological polar surface area (TPSA) is 85.8 Å². The maximum Gasteiger partial charge on any atom is 0.336 e. The van der Waals surface area contributed by atoms with Gasteiger partial charge in [0.05, 0.1) is 30.0 Å². The molecule has 0 aliphatic heterocycles. The van der Waals surface area contributed by atoms with Crippen LogP contribution in [0.3, 0.4) is 0 Å². The van der Waals surface area contributed by atoms with Gasteiger partial charge in [-0.25, -0.2) is 9.48 Å². The second kappa shape index (κ2) is 6.16. The molecule has 7 nitrogen and oxygen atoms in total. The molecule has 130 valence electrons. The zero-order valence-corrected chi connectivity index (χ0v) is 14.8. The largest absolute Gasteiger partial charge is 0.478 e. The monoisotopic (exact) mass is 339 g/mol. The molecule has 0 spiro atoms. The Kier molecular flexibility index (Phi) is 4.16. The summed E-state index contributed by atoms with van der Waals surface area (Å²) in [5.41, 5.74) is 3.24. The fraction of sp³-hybridized carbons (Fsp3) is 0.333. The highest BCUT2D eigenvalue weighted by Crippen LogP contribution is 2.23. The first-order valence-corrected chi connectivity index (χ1v) is 8.02. The van der Waals surface area contributed by atoms with Crippen LogP contribution < -0.4 is 0 Å². The van der Waals surface area contributed by atoms with Gasteiger partial charge < -0.3 is 5.11 Å². The summed E-state index contributed by atoms with van der Waals surface area (Å²) in [6.45, 7) is 8.70. The van der Waals surface area contributed by atoms with Crippen molar-refractivity contribution < 1.29 is 9.90 Å². The van der Waals surface area contributed by atoms with E-state index in [-0.39, 0.29) is 11.1 Å². The molecule has 0 atom stereocenters. The van der Waals surface area contributed by atoms with Gasteiger partial charge in [-0.2, -0.15) is 5.10 Å². The molecule has 0 amide bonds. The van der Waals surface area contributed by atoms with Crippen molar-refractivity contribution in [3.8, 4) is 11.3 Å². The highest BCUT2D eigenvalue weighted by molar-refractivity contribution is 5.95. The summed E-state index contributed by atoms with van der Waals surface area (Å²) in [7, 11) is 0. The maximum atomic E-state index is 11.4. The van der Waals surface area contributed by atoms with Crippen LogP contribution in [0.5, 0.6) is 0 Å². The van der Waals surface area contributed by atoms with Gasteiger partial charge in [0.25, 0.3) is 0 Å². The van der Waals surface area contributed by atoms with Gasteiger partial charge in [0.15, 0.2) is 0 Å². The summed E-state index contributed by atoms with van der Waals surface area (Å²) in [4.78, 5) is 11.4. The van der Waals surface area contributed by atoms with E-state index >= 15 is 0 Å². The average molecular weight is 339 g/mol. The zero-order valence-electron chi connectivity index (χ0n) is 14.8. The van der Waals surface area contributed by atoms with Crippen LogP contribution >= 0.6 is 0 Å². The van der Waals surface area contributed by atoms with Crippen molar-refractivity contribution in [2.24, 2.45) is 0 Å². The van der Waals surface area contributed by atoms with Gasteiger partial charge in [0, 0.05) is 17.3 Å². The highest BCUT2D eigenvalue weighted by Gasteiger charge is 2.16. The summed E-state index contributed by atoms with van der Waals surface area (Å²) in [6.07, 6.45) is 5.55. The molecule has 0 unspecified atom stereocenters. The molecule has 3 rings (SSSR count). The molecule has 7 heteroatoms. The van der Waals surface area contributed by atoms with E-state index in [1.54, 1.807) is 23.0 Å². The van der Waals surface area contributed by atoms with Crippen LogP contribution in [0.1, 0.15) is 42.3 Å². The Morgan fingerprint density at radius 3 is 2.64 bits per heavy atom. The molecule has 0 aliphatic rings. The van der Waals surface area contributed by atoms with Crippen molar-refractivity contribution in [1.82, 2.24) is 24.8 Å². The van der Waals surface area contributed by atoms with E-state index < -0.39 is 5.97 Å². The molecular formula is C18H21N5O2. The first-order chi connectivity index (χ1) is 11.7. The Labute approximate surface area is 145 Å². The standard InChI is InChI=1S/C18H21N5O2/c1-12-5-6-14(17(24)25)15(7-12)16-11-22(21-20-16)9-13-8-19-23(10-13)18(2,3)4/h5-8,10-11H,9H2,1-4H3,(H,24,25). The van der Waals surface area contributed by atoms with Crippen molar-refractivity contribution in [2.45, 2.75) is 39.8 Å². The predicted octanol–water partition coefficient (Wildman–Crippen LogP) is 2.95. The van der Waals surface area contributed by atoms with Crippen LogP contribution in [0.4, 0.5) is 0 Å². The quantitative estimate of drug-likeness (QED) is 0.790. The number of aromatic carboxylic acids is 1. The molecule has 0 radical (unpaired) electrons. The minimum atomic E-state index is -0.976. The first kappa shape index (κ1) is 16.9. The number of hydrogen-bond donors (Lipinski definition) is 1. The molecule has 2 aromatic heterocycles. The van der Waals surface area contributed by atoms with E-state index in [0.717, 1.165) is 11.1 Å². The Hall–Kier alpha value is -2.96. The Morgan fingerprint density at radius 2 is 2.00 bits per heavy atom. The third-order valence-corrected chi connectivity index (χ3v) is 3.89. The maximum absolute atomic E-state index is 11.4. The lowest BCUT2D eigenvalue weighted by atomic mass is 10.0. The van der Waals surface area contributed by atoms with Crippen molar-refractivity contribution >= 4 is 5.97 Å². The molecular weight excluding hydrogens is 318 g/mol. The van der Waals surface area contributed by atoms with Gasteiger partial charge in [-0.15, -0.1) is 5.10 Å². The fourth-order valence-corrected chi connectivity index (χ4v) is 2.55. The lowest BCUT2D eigenvalue weighted by Gasteiger charge is -2.18. The number of carboxylic acid groups (broad SMARTS) is 1. The van der Waals surface area contributed by atoms with E-state index in [4.69, 9.17) is 0 Å². The number of aromatic nitrogens is 5. The van der Waals surface area contributed by atoms with Gasteiger partial charge in [-0.05, 0) is 39.8 Å². The van der Waals surface area contributed by atoms with Crippen LogP contribution in [0, 0.1) is 6.92 Å². The zero-order chi connectivity index (χ0) is 18.2. The molecule has 3 aromatic rings. The second-order valence-electron chi connectivity index (χ2n) is 7.12. The molecule has 0 saturated heterocycles. The molecule has 1 N–H and O–H groups in total. The highest BCUT2D eigenvalue weighted by atomic mass is 16.4. The Bertz CT molecular complexity index is 918. The molecule has 0 saturated carbocycles. The van der Waals surface area contributed by atoms with Gasteiger partial charge in [-0.1, -0.05) is 16.8 Å². The number of carbonyl (C=O) groups is 1. The number of nitrogens with zero attached hydrogens (tertiary/aromatic N) is 5. The van der Waals surface area contributed by atoms with Crippen molar-refractivity contribution in [2.75, 3.05) is 0 Å². The van der Waals surface area contributed by atoms with E-state index in [1.165, 1.54) is 0 Å². The molecule has 25 heavy (non-hydrogen) atoms. The third kappa shape index (κ3) is 3.60. The van der Waals surface area contributed by atoms with E-state index in [1.807, 2.05) is 30.1 Å². The minimum Gasteiger partial charge on any atom is -0.478 e. The number of aryl methyl sites for hydroxylation is 1. The third-order valence-electron chi connectivity index (χ3n) is 3.89. The summed E-state index contributed by atoms with van der Waals surface area (Å²) in [5.74, 6) is -0.976. The molecule has 2 heterocycles. The number of hydrogen-bond acceptors (Lipinski definition) is 4. The van der Waals surface area contributed by atoms with Crippen molar-refractivity contribution in [1.29, 1.82) is 0 Å². The molecule has 1 aromatic carbocycles. The van der Waals surface area contributed by atoms with Gasteiger partial charge in [0.1, 0.15) is 5.69 Å². The smallest absolute Gasteiger partial charge is 0.336 e. The van der Waals surface area contributed by atoms with E-state index in [9.17, 15) is 9.90 Å². The number of benzene rings is 1. The summed E-state index contributed by atoms with van der Waals surface area (Å²) >= 11 is 0. The lowest BCUT2D eigenvalue weighted by molar-refractivity contribution is 0.0697. The average Bonchev–Trinajstić information content (AvgIpc) is 3.16. The van der Waals surface area contributed by atoms with Gasteiger partial charge in [-0.3, -0.25) is 4.68 Å². The molecule has 0 bridgehead atoms. The van der Waals surface area contributed by atoms with E-state index in [0.29, 0.717) is 17.8 Å². The first-order valence-electron chi connectivity index (χ1n) is 8.02. The van der Waals surface area contributed by atoms with Crippen molar-refractivity contribution in [3.05, 3.63) is 53.5 Å². The second-order valence-corrected chi connectivity index (χ2v) is 7.12. The van der Waals surface area contributed by atoms with E-state index in [2.05, 4.69) is 36.2 Å². The summed E-state index contributed by atoms with van der Waals surface area (Å²) in [6, 6.07) is 5.19. The summed E-state index contributed by atoms with van der Waals surface area (Å²) in [5, 5.41) is 22.0. The fourth-order valence-electron chi connectivity index (χ4n) is 2.55. The SMILES string of the molecule is Cc1ccc(C(=O)O)c(-c2cn(Cc3cnn(C(C)(C)C)c3)nn2)c1. The van der Waals surface area contributed by atoms with Gasteiger partial charge >= 0.3 is 5.97 Å². The molecule has 0 fully saturated rings. The van der Waals surface area contributed by atoms with Crippen LogP contribution in [-0.4, -0.2) is 35.9 Å². The number of carboxylic acids is 1. The molecule has 0 aliphatic carbocycles. The van der Waals surface area contributed by atoms with Gasteiger partial charge in [0.2, 0.25) is 0 Å². The minimum absolute atomic E-state index is 0.0796. The van der Waals surface area contributed by atoms with Crippen LogP contribution in [-0.2, 0) is 12.1 Å². The Balaban J connectivity index is 1.87. The van der Waals surface area contributed by atoms with Crippen LogP contribution in [0.25, 0.3) is 11.3 Å². The van der Waals surface area contributed by atoms with Crippen LogP contribution in [0.2, 0.25) is 0 Å². The normalized spacial score (nSPS) is 11.7. The number of rotatable bonds is 4. The Morgan fingerprint density at radius 1 is 1.24 bits per heavy atom. The van der Waals surface area contributed by atoms with Crippen LogP contribution in [0.15, 0.2) is 36.8 Å². The predicted molar refractivity (Wildman–Crippen MR) is 93.5 cm³/mol. The lowest BCUT2D eigenvalue weighted by Crippen LogP contribution is -2.21. The summed E-state index contributed by atoms with van der Waals surface area (Å²) < 4.78 is 3.59. The van der Waals surface area contributed by atoms with Crippen molar-refractivity contribution in [3.63, 3.8) is 0 Å².